The van der Waals surface area contributed by atoms with Crippen molar-refractivity contribution >= 4 is 0 Å². The SMILES string of the molecule is CCc1noc([C@H](C)NC[C@H]2CCO[C@H]2c2cnn(CC)c2)n1. The van der Waals surface area contributed by atoms with Crippen molar-refractivity contribution in [3.63, 3.8) is 0 Å². The van der Waals surface area contributed by atoms with Gasteiger partial charge in [0, 0.05) is 43.8 Å². The topological polar surface area (TPSA) is 78.0 Å². The van der Waals surface area contributed by atoms with E-state index in [1.165, 1.54) is 0 Å². The molecule has 0 unspecified atom stereocenters. The summed E-state index contributed by atoms with van der Waals surface area (Å²) in [7, 11) is 0. The molecule has 7 heteroatoms. The van der Waals surface area contributed by atoms with Crippen LogP contribution in [0.15, 0.2) is 16.9 Å². The number of ether oxygens (including phenoxy) is 1. The van der Waals surface area contributed by atoms with Gasteiger partial charge in [-0.25, -0.2) is 0 Å². The largest absolute Gasteiger partial charge is 0.373 e. The zero-order valence-corrected chi connectivity index (χ0v) is 14.0. The minimum Gasteiger partial charge on any atom is -0.373 e. The molecule has 1 N–H and O–H groups in total. The van der Waals surface area contributed by atoms with Crippen LogP contribution in [0, 0.1) is 5.92 Å². The average molecular weight is 319 g/mol. The van der Waals surface area contributed by atoms with E-state index in [9.17, 15) is 0 Å². The van der Waals surface area contributed by atoms with Gasteiger partial charge in [-0.15, -0.1) is 0 Å². The number of hydrogen-bond donors (Lipinski definition) is 1. The highest BCUT2D eigenvalue weighted by Gasteiger charge is 2.31. The van der Waals surface area contributed by atoms with E-state index < -0.39 is 0 Å². The highest BCUT2D eigenvalue weighted by atomic mass is 16.5. The fourth-order valence-electron chi connectivity index (χ4n) is 2.91. The highest BCUT2D eigenvalue weighted by Crippen LogP contribution is 2.34. The lowest BCUT2D eigenvalue weighted by Crippen LogP contribution is -2.27. The zero-order valence-electron chi connectivity index (χ0n) is 14.0. The van der Waals surface area contributed by atoms with Crippen molar-refractivity contribution in [2.45, 2.75) is 52.3 Å². The third-order valence-corrected chi connectivity index (χ3v) is 4.38. The van der Waals surface area contributed by atoms with Crippen molar-refractivity contribution in [3.8, 4) is 0 Å². The lowest BCUT2D eigenvalue weighted by atomic mass is 9.97. The summed E-state index contributed by atoms with van der Waals surface area (Å²) in [5.74, 6) is 1.83. The summed E-state index contributed by atoms with van der Waals surface area (Å²) in [5.41, 5.74) is 1.16. The predicted octanol–water partition coefficient (Wildman–Crippen LogP) is 2.28. The van der Waals surface area contributed by atoms with Gasteiger partial charge in [0.2, 0.25) is 5.89 Å². The molecule has 3 heterocycles. The minimum absolute atomic E-state index is 0.0439. The second kappa shape index (κ2) is 7.23. The van der Waals surface area contributed by atoms with Crippen LogP contribution in [0.3, 0.4) is 0 Å². The molecule has 1 fully saturated rings. The van der Waals surface area contributed by atoms with Crippen molar-refractivity contribution in [2.24, 2.45) is 5.92 Å². The van der Waals surface area contributed by atoms with Crippen LogP contribution < -0.4 is 5.32 Å². The van der Waals surface area contributed by atoms with Crippen LogP contribution in [0.1, 0.15) is 56.6 Å². The molecule has 0 aliphatic carbocycles. The van der Waals surface area contributed by atoms with Gasteiger partial charge in [-0.1, -0.05) is 12.1 Å². The molecule has 0 amide bonds. The highest BCUT2D eigenvalue weighted by molar-refractivity contribution is 5.11. The van der Waals surface area contributed by atoms with Crippen LogP contribution in [-0.2, 0) is 17.7 Å². The van der Waals surface area contributed by atoms with E-state index in [0.29, 0.717) is 11.8 Å². The monoisotopic (exact) mass is 319 g/mol. The molecular weight excluding hydrogens is 294 g/mol. The number of rotatable bonds is 7. The molecule has 1 aliphatic heterocycles. The third kappa shape index (κ3) is 3.61. The van der Waals surface area contributed by atoms with E-state index in [-0.39, 0.29) is 12.1 Å². The summed E-state index contributed by atoms with van der Waals surface area (Å²) >= 11 is 0. The summed E-state index contributed by atoms with van der Waals surface area (Å²) in [4.78, 5) is 4.38. The molecule has 0 bridgehead atoms. The molecule has 2 aromatic heterocycles. The van der Waals surface area contributed by atoms with E-state index in [1.807, 2.05) is 24.7 Å². The van der Waals surface area contributed by atoms with Crippen molar-refractivity contribution < 1.29 is 9.26 Å². The molecule has 3 rings (SSSR count). The number of aryl methyl sites for hydroxylation is 2. The van der Waals surface area contributed by atoms with Crippen LogP contribution >= 0.6 is 0 Å². The number of nitrogens with one attached hydrogen (secondary N) is 1. The summed E-state index contributed by atoms with van der Waals surface area (Å²) in [6.45, 7) is 8.68. The molecule has 1 saturated heterocycles. The number of nitrogens with zero attached hydrogens (tertiary/aromatic N) is 4. The van der Waals surface area contributed by atoms with Crippen molar-refractivity contribution in [1.29, 1.82) is 0 Å². The first kappa shape index (κ1) is 16.1. The van der Waals surface area contributed by atoms with Gasteiger partial charge in [0.15, 0.2) is 5.82 Å². The maximum atomic E-state index is 5.92. The maximum Gasteiger partial charge on any atom is 0.243 e. The van der Waals surface area contributed by atoms with Crippen LogP contribution in [0.2, 0.25) is 0 Å². The third-order valence-electron chi connectivity index (χ3n) is 4.38. The Kier molecular flexibility index (Phi) is 5.07. The molecule has 7 nitrogen and oxygen atoms in total. The van der Waals surface area contributed by atoms with Crippen LogP contribution in [0.4, 0.5) is 0 Å². The minimum atomic E-state index is 0.0439. The van der Waals surface area contributed by atoms with Crippen molar-refractivity contribution in [1.82, 2.24) is 25.2 Å². The molecule has 0 radical (unpaired) electrons. The van der Waals surface area contributed by atoms with Crippen LogP contribution in [0.5, 0.6) is 0 Å². The smallest absolute Gasteiger partial charge is 0.243 e. The van der Waals surface area contributed by atoms with E-state index >= 15 is 0 Å². The first-order valence-corrected chi connectivity index (χ1v) is 8.41. The Hall–Kier alpha value is -1.73. The molecule has 126 valence electrons. The lowest BCUT2D eigenvalue weighted by molar-refractivity contribution is 0.0895. The van der Waals surface area contributed by atoms with Gasteiger partial charge in [-0.05, 0) is 20.3 Å². The molecule has 23 heavy (non-hydrogen) atoms. The van der Waals surface area contributed by atoms with Crippen molar-refractivity contribution in [2.75, 3.05) is 13.2 Å². The zero-order chi connectivity index (χ0) is 16.2. The lowest BCUT2D eigenvalue weighted by Gasteiger charge is -2.19. The van der Waals surface area contributed by atoms with E-state index in [4.69, 9.17) is 9.26 Å². The van der Waals surface area contributed by atoms with Gasteiger partial charge in [0.05, 0.1) is 18.3 Å². The molecule has 3 atom stereocenters. The Morgan fingerprint density at radius 3 is 3.00 bits per heavy atom. The number of aromatic nitrogens is 4. The Morgan fingerprint density at radius 1 is 1.43 bits per heavy atom. The van der Waals surface area contributed by atoms with E-state index in [1.54, 1.807) is 0 Å². The molecular formula is C16H25N5O2. The van der Waals surface area contributed by atoms with Gasteiger partial charge in [0.25, 0.3) is 0 Å². The molecule has 2 aromatic rings. The van der Waals surface area contributed by atoms with Gasteiger partial charge < -0.3 is 14.6 Å². The number of hydrogen-bond acceptors (Lipinski definition) is 6. The Morgan fingerprint density at radius 2 is 2.30 bits per heavy atom. The van der Waals surface area contributed by atoms with Gasteiger partial charge in [-0.2, -0.15) is 10.1 Å². The average Bonchev–Trinajstić information content (AvgIpc) is 3.31. The van der Waals surface area contributed by atoms with E-state index in [0.717, 1.165) is 43.9 Å². The Balaban J connectivity index is 1.58. The summed E-state index contributed by atoms with van der Waals surface area (Å²) < 4.78 is 13.2. The molecule has 0 spiro atoms. The molecule has 1 aliphatic rings. The van der Waals surface area contributed by atoms with Crippen LogP contribution in [-0.4, -0.2) is 33.1 Å². The van der Waals surface area contributed by atoms with Crippen LogP contribution in [0.25, 0.3) is 0 Å². The standard InChI is InChI=1S/C16H25N5O2/c1-4-14-19-16(23-20-14)11(3)17-8-12-6-7-22-15(12)13-9-18-21(5-2)10-13/h9-12,15,17H,4-8H2,1-3H3/t11-,12+,15+/m0/s1. The second-order valence-electron chi connectivity index (χ2n) is 6.00. The first-order valence-electron chi connectivity index (χ1n) is 8.41. The Labute approximate surface area is 136 Å². The van der Waals surface area contributed by atoms with E-state index in [2.05, 4.69) is 33.7 Å². The summed E-state index contributed by atoms with van der Waals surface area (Å²) in [5, 5.41) is 11.8. The molecule has 0 saturated carbocycles. The predicted molar refractivity (Wildman–Crippen MR) is 84.8 cm³/mol. The van der Waals surface area contributed by atoms with Crippen molar-refractivity contribution in [3.05, 3.63) is 29.7 Å². The summed E-state index contributed by atoms with van der Waals surface area (Å²) in [6.07, 6.45) is 5.95. The van der Waals surface area contributed by atoms with Gasteiger partial charge >= 0.3 is 0 Å². The first-order chi connectivity index (χ1) is 11.2. The fraction of sp³-hybridized carbons (Fsp3) is 0.688. The van der Waals surface area contributed by atoms with Gasteiger partial charge in [0.1, 0.15) is 0 Å². The maximum absolute atomic E-state index is 5.92. The fourth-order valence-corrected chi connectivity index (χ4v) is 2.91. The normalized spacial score (nSPS) is 22.6. The van der Waals surface area contributed by atoms with Gasteiger partial charge in [-0.3, -0.25) is 4.68 Å². The molecule has 0 aromatic carbocycles. The second-order valence-corrected chi connectivity index (χ2v) is 6.00. The summed E-state index contributed by atoms with van der Waals surface area (Å²) in [6, 6.07) is 0.0439. The quantitative estimate of drug-likeness (QED) is 0.843. The Bertz CT molecular complexity index is 624.